The van der Waals surface area contributed by atoms with Gasteiger partial charge in [-0.2, -0.15) is 0 Å². The molecule has 0 amide bonds. The highest BCUT2D eigenvalue weighted by Crippen LogP contribution is 2.24. The Morgan fingerprint density at radius 3 is 2.94 bits per heavy atom. The van der Waals surface area contributed by atoms with Gasteiger partial charge in [-0.15, -0.1) is 0 Å². The van der Waals surface area contributed by atoms with Crippen LogP contribution in [0.3, 0.4) is 0 Å². The van der Waals surface area contributed by atoms with Crippen molar-refractivity contribution in [2.45, 2.75) is 26.4 Å². The van der Waals surface area contributed by atoms with Crippen LogP contribution in [-0.4, -0.2) is 15.1 Å². The predicted octanol–water partition coefficient (Wildman–Crippen LogP) is 2.27. The van der Waals surface area contributed by atoms with Gasteiger partial charge in [-0.05, 0) is 25.5 Å². The number of hydrogen-bond acceptors (Lipinski definition) is 3. The molecule has 1 unspecified atom stereocenters. The Hall–Kier alpha value is -1.81. The fraction of sp³-hybridized carbons (Fsp3) is 0.308. The highest BCUT2D eigenvalue weighted by molar-refractivity contribution is 5.37. The Morgan fingerprint density at radius 2 is 2.29 bits per heavy atom. The maximum absolute atomic E-state index is 9.86. The van der Waals surface area contributed by atoms with E-state index < -0.39 is 0 Å². The van der Waals surface area contributed by atoms with E-state index in [9.17, 15) is 5.11 Å². The van der Waals surface area contributed by atoms with Crippen LogP contribution in [-0.2, 0) is 6.54 Å². The van der Waals surface area contributed by atoms with Gasteiger partial charge in [-0.1, -0.05) is 12.1 Å². The summed E-state index contributed by atoms with van der Waals surface area (Å²) in [7, 11) is 0. The minimum atomic E-state index is 0.0962. The number of aryl methyl sites for hydroxylation is 1. The summed E-state index contributed by atoms with van der Waals surface area (Å²) in [5, 5.41) is 13.2. The Balaban J connectivity index is 2.01. The maximum atomic E-state index is 9.86. The van der Waals surface area contributed by atoms with Gasteiger partial charge in [-0.25, -0.2) is 4.98 Å². The second kappa shape index (κ2) is 5.01. The zero-order valence-corrected chi connectivity index (χ0v) is 10.1. The number of hydrogen-bond donors (Lipinski definition) is 3. The minimum Gasteiger partial charge on any atom is -0.508 e. The topological polar surface area (TPSA) is 60.9 Å². The summed E-state index contributed by atoms with van der Waals surface area (Å²) in [6.07, 6.45) is 3.44. The molecule has 0 aliphatic carbocycles. The summed E-state index contributed by atoms with van der Waals surface area (Å²) in [5.74, 6) is 0.342. The van der Waals surface area contributed by atoms with Crippen molar-refractivity contribution in [2.24, 2.45) is 0 Å². The van der Waals surface area contributed by atoms with Crippen molar-refractivity contribution in [1.82, 2.24) is 15.3 Å². The average Bonchev–Trinajstić information content (AvgIpc) is 2.78. The third-order valence-corrected chi connectivity index (χ3v) is 2.81. The van der Waals surface area contributed by atoms with Crippen LogP contribution in [0.2, 0.25) is 0 Å². The number of rotatable bonds is 4. The monoisotopic (exact) mass is 231 g/mol. The summed E-state index contributed by atoms with van der Waals surface area (Å²) in [4.78, 5) is 6.99. The van der Waals surface area contributed by atoms with Gasteiger partial charge >= 0.3 is 0 Å². The number of phenols is 1. The molecule has 90 valence electrons. The highest BCUT2D eigenvalue weighted by atomic mass is 16.3. The zero-order valence-electron chi connectivity index (χ0n) is 10.1. The Labute approximate surface area is 101 Å². The summed E-state index contributed by atoms with van der Waals surface area (Å²) in [6, 6.07) is 5.83. The lowest BCUT2D eigenvalue weighted by atomic mass is 10.1. The molecule has 0 aliphatic heterocycles. The molecule has 1 atom stereocenters. The second-order valence-corrected chi connectivity index (χ2v) is 4.24. The van der Waals surface area contributed by atoms with Gasteiger partial charge in [-0.3, -0.25) is 0 Å². The second-order valence-electron chi connectivity index (χ2n) is 4.24. The van der Waals surface area contributed by atoms with E-state index in [0.29, 0.717) is 12.3 Å². The Morgan fingerprint density at radius 1 is 1.47 bits per heavy atom. The molecule has 17 heavy (non-hydrogen) atoms. The van der Waals surface area contributed by atoms with Crippen LogP contribution in [0.1, 0.15) is 29.8 Å². The van der Waals surface area contributed by atoms with E-state index in [-0.39, 0.29) is 6.04 Å². The molecule has 0 radical (unpaired) electrons. The molecule has 0 saturated carbocycles. The van der Waals surface area contributed by atoms with Gasteiger partial charge in [0.1, 0.15) is 5.75 Å². The van der Waals surface area contributed by atoms with Crippen molar-refractivity contribution < 1.29 is 5.11 Å². The lowest BCUT2D eigenvalue weighted by Crippen LogP contribution is -2.18. The fourth-order valence-electron chi connectivity index (χ4n) is 1.77. The molecule has 1 aromatic heterocycles. The molecule has 3 N–H and O–H groups in total. The number of aromatic nitrogens is 2. The molecule has 0 spiro atoms. The molecular formula is C13H17N3O. The first-order valence-corrected chi connectivity index (χ1v) is 5.67. The number of phenolic OH excluding ortho intramolecular Hbond substituents is 1. The van der Waals surface area contributed by atoms with Crippen LogP contribution in [0.4, 0.5) is 0 Å². The summed E-state index contributed by atoms with van der Waals surface area (Å²) in [6.45, 7) is 4.70. The summed E-state index contributed by atoms with van der Waals surface area (Å²) in [5.41, 5.74) is 3.01. The first-order chi connectivity index (χ1) is 8.16. The van der Waals surface area contributed by atoms with Gasteiger partial charge in [0.05, 0.1) is 6.33 Å². The van der Waals surface area contributed by atoms with Gasteiger partial charge < -0.3 is 15.4 Å². The molecule has 0 saturated heterocycles. The van der Waals surface area contributed by atoms with Crippen molar-refractivity contribution in [2.75, 3.05) is 0 Å². The van der Waals surface area contributed by atoms with Crippen LogP contribution in [0.25, 0.3) is 0 Å². The standard InChI is InChI=1S/C13H17N3O/c1-9-3-4-12(13(17)5-9)10(2)15-7-11-6-14-8-16-11/h3-6,8,10,15,17H,7H2,1-2H3,(H,14,16). The minimum absolute atomic E-state index is 0.0962. The SMILES string of the molecule is Cc1ccc(C(C)NCc2cnc[nH]2)c(O)c1. The molecular weight excluding hydrogens is 214 g/mol. The zero-order chi connectivity index (χ0) is 12.3. The van der Waals surface area contributed by atoms with E-state index in [0.717, 1.165) is 16.8 Å². The normalized spacial score (nSPS) is 12.6. The Bertz CT molecular complexity index is 479. The summed E-state index contributed by atoms with van der Waals surface area (Å²) >= 11 is 0. The van der Waals surface area contributed by atoms with Crippen molar-refractivity contribution >= 4 is 0 Å². The van der Waals surface area contributed by atoms with Crippen LogP contribution in [0, 0.1) is 6.92 Å². The molecule has 0 aliphatic rings. The van der Waals surface area contributed by atoms with Crippen LogP contribution < -0.4 is 5.32 Å². The molecule has 2 rings (SSSR count). The van der Waals surface area contributed by atoms with Crippen LogP contribution >= 0.6 is 0 Å². The lowest BCUT2D eigenvalue weighted by Gasteiger charge is -2.15. The van der Waals surface area contributed by atoms with Gasteiger partial charge in [0.15, 0.2) is 0 Å². The number of benzene rings is 1. The first-order valence-electron chi connectivity index (χ1n) is 5.67. The van der Waals surface area contributed by atoms with Crippen molar-refractivity contribution in [3.63, 3.8) is 0 Å². The molecule has 4 heteroatoms. The summed E-state index contributed by atoms with van der Waals surface area (Å²) < 4.78 is 0. The largest absolute Gasteiger partial charge is 0.508 e. The number of nitrogens with zero attached hydrogens (tertiary/aromatic N) is 1. The first kappa shape index (κ1) is 11.7. The predicted molar refractivity (Wildman–Crippen MR) is 66.7 cm³/mol. The van der Waals surface area contributed by atoms with E-state index in [1.54, 1.807) is 18.6 Å². The number of imidazole rings is 1. The number of aromatic amines is 1. The molecule has 4 nitrogen and oxygen atoms in total. The molecule has 0 fully saturated rings. The smallest absolute Gasteiger partial charge is 0.120 e. The molecule has 2 aromatic rings. The van der Waals surface area contributed by atoms with E-state index >= 15 is 0 Å². The Kier molecular flexibility index (Phi) is 3.44. The number of aromatic hydroxyl groups is 1. The fourth-order valence-corrected chi connectivity index (χ4v) is 1.77. The lowest BCUT2D eigenvalue weighted by molar-refractivity contribution is 0.451. The third kappa shape index (κ3) is 2.85. The van der Waals surface area contributed by atoms with Crippen molar-refractivity contribution in [3.05, 3.63) is 47.5 Å². The van der Waals surface area contributed by atoms with Crippen molar-refractivity contribution in [1.29, 1.82) is 0 Å². The van der Waals surface area contributed by atoms with Gasteiger partial charge in [0.2, 0.25) is 0 Å². The molecule has 1 aromatic carbocycles. The molecule has 1 heterocycles. The van der Waals surface area contributed by atoms with Gasteiger partial charge in [0, 0.05) is 30.0 Å². The van der Waals surface area contributed by atoms with Gasteiger partial charge in [0.25, 0.3) is 0 Å². The van der Waals surface area contributed by atoms with E-state index in [1.165, 1.54) is 0 Å². The molecule has 0 bridgehead atoms. The van der Waals surface area contributed by atoms with Crippen molar-refractivity contribution in [3.8, 4) is 5.75 Å². The van der Waals surface area contributed by atoms with Crippen LogP contribution in [0.15, 0.2) is 30.7 Å². The van der Waals surface area contributed by atoms with E-state index in [1.807, 2.05) is 26.0 Å². The van der Waals surface area contributed by atoms with Crippen LogP contribution in [0.5, 0.6) is 5.75 Å². The highest BCUT2D eigenvalue weighted by Gasteiger charge is 2.09. The van der Waals surface area contributed by atoms with E-state index in [4.69, 9.17) is 0 Å². The average molecular weight is 231 g/mol. The quantitative estimate of drug-likeness (QED) is 0.756. The maximum Gasteiger partial charge on any atom is 0.120 e. The number of nitrogens with one attached hydrogen (secondary N) is 2. The number of H-pyrrole nitrogens is 1. The third-order valence-electron chi connectivity index (χ3n) is 2.81. The van der Waals surface area contributed by atoms with E-state index in [2.05, 4.69) is 15.3 Å².